The molecule has 0 radical (unpaired) electrons. The minimum Gasteiger partial charge on any atom is -0.350 e. The summed E-state index contributed by atoms with van der Waals surface area (Å²) in [7, 11) is 1.89. The number of para-hydroxylation sites is 1. The molecule has 0 aliphatic heterocycles. The summed E-state index contributed by atoms with van der Waals surface area (Å²) in [6, 6.07) is 12.5. The molecule has 3 heterocycles. The molecule has 0 aliphatic carbocycles. The normalized spacial score (nSPS) is 11.7. The summed E-state index contributed by atoms with van der Waals surface area (Å²) in [5.74, 6) is 0.107. The lowest BCUT2D eigenvalue weighted by Crippen LogP contribution is -2.15. The van der Waals surface area contributed by atoms with Gasteiger partial charge in [0.15, 0.2) is 5.82 Å². The fourth-order valence-electron chi connectivity index (χ4n) is 4.10. The molecule has 152 valence electrons. The van der Waals surface area contributed by atoms with Crippen LogP contribution in [-0.4, -0.2) is 30.4 Å². The van der Waals surface area contributed by atoms with E-state index in [1.807, 2.05) is 48.3 Å². The number of nitrogens with two attached hydrogens (primary N) is 1. The van der Waals surface area contributed by atoms with Crippen LogP contribution in [0.15, 0.2) is 59.7 Å². The third-order valence-corrected chi connectivity index (χ3v) is 5.48. The zero-order valence-electron chi connectivity index (χ0n) is 16.5. The number of aryl methyl sites for hydroxylation is 2. The van der Waals surface area contributed by atoms with Gasteiger partial charge in [0, 0.05) is 47.8 Å². The summed E-state index contributed by atoms with van der Waals surface area (Å²) in [6.07, 6.45) is 4.64. The second-order valence-electron chi connectivity index (χ2n) is 7.37. The van der Waals surface area contributed by atoms with Crippen molar-refractivity contribution >= 4 is 21.8 Å². The minimum atomic E-state index is -0.347. The molecule has 3 aromatic heterocycles. The quantitative estimate of drug-likeness (QED) is 0.472. The van der Waals surface area contributed by atoms with Gasteiger partial charge in [-0.05, 0) is 37.2 Å². The predicted octanol–water partition coefficient (Wildman–Crippen LogP) is 3.16. The van der Waals surface area contributed by atoms with Crippen molar-refractivity contribution in [3.05, 3.63) is 71.2 Å². The summed E-state index contributed by atoms with van der Waals surface area (Å²) in [6.45, 7) is 1.33. The molecule has 2 aromatic carbocycles. The summed E-state index contributed by atoms with van der Waals surface area (Å²) in [4.78, 5) is 12.8. The molecular formula is C22H21FN6O. The zero-order chi connectivity index (χ0) is 20.8. The number of rotatable bonds is 5. The Morgan fingerprint density at radius 3 is 2.77 bits per heavy atom. The molecule has 0 fully saturated rings. The molecule has 0 aliphatic rings. The topological polar surface area (TPSA) is 86.6 Å². The zero-order valence-corrected chi connectivity index (χ0v) is 16.5. The predicted molar refractivity (Wildman–Crippen MR) is 115 cm³/mol. The number of H-pyrrole nitrogens is 1. The number of aromatic nitrogens is 5. The Kier molecular flexibility index (Phi) is 4.29. The first-order valence-corrected chi connectivity index (χ1v) is 9.79. The highest BCUT2D eigenvalue weighted by molar-refractivity contribution is 5.96. The van der Waals surface area contributed by atoms with E-state index < -0.39 is 0 Å². The van der Waals surface area contributed by atoms with Gasteiger partial charge in [-0.25, -0.2) is 18.9 Å². The van der Waals surface area contributed by atoms with Gasteiger partial charge in [-0.3, -0.25) is 0 Å². The number of benzene rings is 2. The number of hydrogen-bond acceptors (Lipinski definition) is 3. The van der Waals surface area contributed by atoms with Crippen molar-refractivity contribution in [3.63, 3.8) is 0 Å². The molecule has 0 saturated heterocycles. The van der Waals surface area contributed by atoms with E-state index in [-0.39, 0.29) is 11.5 Å². The molecule has 0 amide bonds. The maximum absolute atomic E-state index is 14.0. The highest BCUT2D eigenvalue weighted by atomic mass is 19.1. The van der Waals surface area contributed by atoms with Crippen LogP contribution in [0.4, 0.5) is 4.39 Å². The standard InChI is InChI=1S/C22H21FN6O/c1-27-12-17(16-11-14(23)7-8-18(16)27)21-25-26-22(30)29(21)20-13-28(10-4-9-24)19-6-3-2-5-15(19)20/h2-3,5-8,11-13H,4,9-10,24H2,1H3,(H,26,30). The largest absolute Gasteiger partial charge is 0.350 e. The van der Waals surface area contributed by atoms with Crippen LogP contribution in [0.5, 0.6) is 0 Å². The molecule has 5 rings (SSSR count). The lowest BCUT2D eigenvalue weighted by Gasteiger charge is -2.04. The van der Waals surface area contributed by atoms with Crippen molar-refractivity contribution in [3.8, 4) is 17.1 Å². The Morgan fingerprint density at radius 1 is 1.10 bits per heavy atom. The maximum Gasteiger partial charge on any atom is 0.348 e. The second kappa shape index (κ2) is 7.00. The van der Waals surface area contributed by atoms with Crippen LogP contribution >= 0.6 is 0 Å². The average Bonchev–Trinajstić information content (AvgIpc) is 3.39. The molecule has 8 heteroatoms. The monoisotopic (exact) mass is 404 g/mol. The van der Waals surface area contributed by atoms with E-state index in [1.54, 1.807) is 10.6 Å². The Morgan fingerprint density at radius 2 is 1.93 bits per heavy atom. The molecule has 0 saturated carbocycles. The van der Waals surface area contributed by atoms with Crippen LogP contribution in [0, 0.1) is 5.82 Å². The van der Waals surface area contributed by atoms with Crippen molar-refractivity contribution < 1.29 is 4.39 Å². The maximum atomic E-state index is 14.0. The molecule has 5 aromatic rings. The first-order chi connectivity index (χ1) is 14.6. The van der Waals surface area contributed by atoms with Crippen LogP contribution in [0.2, 0.25) is 0 Å². The fourth-order valence-corrected chi connectivity index (χ4v) is 4.10. The van der Waals surface area contributed by atoms with Gasteiger partial charge in [0.2, 0.25) is 0 Å². The van der Waals surface area contributed by atoms with Gasteiger partial charge in [0.1, 0.15) is 5.82 Å². The summed E-state index contributed by atoms with van der Waals surface area (Å²) < 4.78 is 19.5. The van der Waals surface area contributed by atoms with Crippen LogP contribution in [0.1, 0.15) is 6.42 Å². The van der Waals surface area contributed by atoms with Gasteiger partial charge in [-0.15, -0.1) is 0 Å². The Labute approximate surface area is 171 Å². The first-order valence-electron chi connectivity index (χ1n) is 9.79. The fraction of sp³-hybridized carbons (Fsp3) is 0.182. The van der Waals surface area contributed by atoms with Crippen LogP contribution in [0.25, 0.3) is 38.9 Å². The van der Waals surface area contributed by atoms with E-state index in [0.29, 0.717) is 23.3 Å². The highest BCUT2D eigenvalue weighted by Crippen LogP contribution is 2.32. The number of nitrogens with one attached hydrogen (secondary N) is 1. The molecule has 0 unspecified atom stereocenters. The van der Waals surface area contributed by atoms with Crippen LogP contribution in [-0.2, 0) is 13.6 Å². The van der Waals surface area contributed by atoms with E-state index in [0.717, 1.165) is 35.1 Å². The third kappa shape index (κ3) is 2.76. The van der Waals surface area contributed by atoms with E-state index in [9.17, 15) is 9.18 Å². The van der Waals surface area contributed by atoms with Gasteiger partial charge in [-0.1, -0.05) is 18.2 Å². The minimum absolute atomic E-state index is 0.335. The van der Waals surface area contributed by atoms with Gasteiger partial charge in [0.05, 0.1) is 11.2 Å². The van der Waals surface area contributed by atoms with Crippen LogP contribution < -0.4 is 11.4 Å². The molecule has 0 bridgehead atoms. The molecule has 3 N–H and O–H groups in total. The lowest BCUT2D eigenvalue weighted by atomic mass is 10.1. The summed E-state index contributed by atoms with van der Waals surface area (Å²) in [5.41, 5.74) is 8.64. The van der Waals surface area contributed by atoms with E-state index in [2.05, 4.69) is 14.8 Å². The first kappa shape index (κ1) is 18.4. The lowest BCUT2D eigenvalue weighted by molar-refractivity contribution is 0.629. The van der Waals surface area contributed by atoms with Crippen molar-refractivity contribution in [1.82, 2.24) is 23.9 Å². The number of fused-ring (bicyclic) bond motifs is 2. The van der Waals surface area contributed by atoms with Gasteiger partial charge in [0.25, 0.3) is 0 Å². The van der Waals surface area contributed by atoms with E-state index >= 15 is 0 Å². The van der Waals surface area contributed by atoms with Crippen molar-refractivity contribution in [2.75, 3.05) is 6.54 Å². The smallest absolute Gasteiger partial charge is 0.348 e. The number of nitrogens with zero attached hydrogens (tertiary/aromatic N) is 4. The highest BCUT2D eigenvalue weighted by Gasteiger charge is 2.20. The van der Waals surface area contributed by atoms with Gasteiger partial charge >= 0.3 is 5.69 Å². The number of halogens is 1. The molecule has 7 nitrogen and oxygen atoms in total. The van der Waals surface area contributed by atoms with Crippen molar-refractivity contribution in [2.45, 2.75) is 13.0 Å². The Hall–Kier alpha value is -3.65. The van der Waals surface area contributed by atoms with E-state index in [4.69, 9.17) is 5.73 Å². The molecule has 0 spiro atoms. The van der Waals surface area contributed by atoms with Crippen LogP contribution in [0.3, 0.4) is 0 Å². The SMILES string of the molecule is Cn1cc(-c2n[nH]c(=O)n2-c2cn(CCCN)c3ccccc23)c2cc(F)ccc21. The van der Waals surface area contributed by atoms with E-state index in [1.165, 1.54) is 12.1 Å². The average molecular weight is 404 g/mol. The summed E-state index contributed by atoms with van der Waals surface area (Å²) >= 11 is 0. The second-order valence-corrected chi connectivity index (χ2v) is 7.37. The third-order valence-electron chi connectivity index (χ3n) is 5.48. The number of hydrogen-bond donors (Lipinski definition) is 2. The van der Waals surface area contributed by atoms with Gasteiger partial charge < -0.3 is 14.9 Å². The molecule has 0 atom stereocenters. The Balaban J connectivity index is 1.78. The van der Waals surface area contributed by atoms with Crippen molar-refractivity contribution in [2.24, 2.45) is 12.8 Å². The van der Waals surface area contributed by atoms with Crippen molar-refractivity contribution in [1.29, 1.82) is 0 Å². The molecule has 30 heavy (non-hydrogen) atoms. The van der Waals surface area contributed by atoms with Gasteiger partial charge in [-0.2, -0.15) is 5.10 Å². The molecular weight excluding hydrogens is 383 g/mol. The Bertz CT molecular complexity index is 1440. The number of aromatic amines is 1. The summed E-state index contributed by atoms with van der Waals surface area (Å²) in [5, 5.41) is 8.49.